The number of methoxy groups -OCH3 is 1. The summed E-state index contributed by atoms with van der Waals surface area (Å²) < 4.78 is 5.41. The molecule has 1 aliphatic heterocycles. The average molecular weight is 442 g/mol. The van der Waals surface area contributed by atoms with Gasteiger partial charge in [0.05, 0.1) is 24.8 Å². The van der Waals surface area contributed by atoms with Gasteiger partial charge in [-0.1, -0.05) is 19.9 Å². The van der Waals surface area contributed by atoms with Crippen LogP contribution in [0.4, 0.5) is 5.69 Å². The Morgan fingerprint density at radius 3 is 2.27 bits per heavy atom. The third-order valence-electron chi connectivity index (χ3n) is 6.29. The van der Waals surface area contributed by atoms with Gasteiger partial charge in [-0.3, -0.25) is 19.6 Å². The largest absolute Gasteiger partial charge is 0.497 e. The van der Waals surface area contributed by atoms with Gasteiger partial charge in [-0.05, 0) is 66.9 Å². The number of anilines is 1. The van der Waals surface area contributed by atoms with Crippen LogP contribution in [0.15, 0.2) is 72.0 Å². The van der Waals surface area contributed by atoms with Crippen molar-refractivity contribution in [2.45, 2.75) is 38.6 Å². The number of ketones is 1. The van der Waals surface area contributed by atoms with E-state index in [1.54, 1.807) is 55.9 Å². The van der Waals surface area contributed by atoms with Crippen molar-refractivity contribution >= 4 is 23.1 Å². The van der Waals surface area contributed by atoms with Crippen LogP contribution in [0.3, 0.4) is 0 Å². The lowest BCUT2D eigenvalue weighted by Gasteiger charge is -2.24. The van der Waals surface area contributed by atoms with E-state index < -0.39 is 0 Å². The number of hydrogen-bond donors (Lipinski definition) is 1. The maximum atomic E-state index is 13.1. The molecule has 0 spiro atoms. The number of nitrogens with one attached hydrogen (secondary N) is 1. The molecule has 0 fully saturated rings. The number of benzene rings is 2. The van der Waals surface area contributed by atoms with Gasteiger partial charge in [0.1, 0.15) is 5.75 Å². The lowest BCUT2D eigenvalue weighted by molar-refractivity contribution is 0.0998. The minimum atomic E-state index is -0.293. The standard InChI is InChI=1S/C27H27N3O3/c1-4-27(5-2)23-11-10-21(33-3)16-22(23)24(30-27)17-25(31)18-6-8-20(9-7-18)29-26(32)19-12-14-28-15-13-19/h6-16H,4-5,17H2,1-3H3,(H,29,32). The van der Waals surface area contributed by atoms with Crippen LogP contribution >= 0.6 is 0 Å². The van der Waals surface area contributed by atoms with Crippen molar-refractivity contribution in [2.75, 3.05) is 12.4 Å². The number of nitrogens with zero attached hydrogens (tertiary/aromatic N) is 2. The Morgan fingerprint density at radius 2 is 1.64 bits per heavy atom. The van der Waals surface area contributed by atoms with Gasteiger partial charge in [-0.2, -0.15) is 0 Å². The summed E-state index contributed by atoms with van der Waals surface area (Å²) in [5.41, 5.74) is 4.38. The zero-order valence-electron chi connectivity index (χ0n) is 19.1. The molecule has 0 saturated heterocycles. The number of amides is 1. The zero-order valence-corrected chi connectivity index (χ0v) is 19.1. The van der Waals surface area contributed by atoms with Crippen LogP contribution < -0.4 is 10.1 Å². The fourth-order valence-electron chi connectivity index (χ4n) is 4.30. The van der Waals surface area contributed by atoms with Crippen molar-refractivity contribution in [3.63, 3.8) is 0 Å². The van der Waals surface area contributed by atoms with E-state index in [1.165, 1.54) is 0 Å². The molecule has 0 saturated carbocycles. The number of aromatic nitrogens is 1. The van der Waals surface area contributed by atoms with Crippen molar-refractivity contribution in [1.82, 2.24) is 4.98 Å². The monoisotopic (exact) mass is 441 g/mol. The van der Waals surface area contributed by atoms with Crippen LogP contribution in [0.1, 0.15) is 65.0 Å². The Morgan fingerprint density at radius 1 is 0.939 bits per heavy atom. The number of fused-ring (bicyclic) bond motifs is 1. The lowest BCUT2D eigenvalue weighted by atomic mass is 9.84. The van der Waals surface area contributed by atoms with E-state index in [9.17, 15) is 9.59 Å². The molecule has 0 unspecified atom stereocenters. The first-order valence-corrected chi connectivity index (χ1v) is 11.1. The normalized spacial score (nSPS) is 13.7. The van der Waals surface area contributed by atoms with Gasteiger partial charge in [0, 0.05) is 34.8 Å². The molecule has 1 N–H and O–H groups in total. The van der Waals surface area contributed by atoms with Gasteiger partial charge < -0.3 is 10.1 Å². The summed E-state index contributed by atoms with van der Waals surface area (Å²) in [5.74, 6) is 0.515. The molecule has 168 valence electrons. The smallest absolute Gasteiger partial charge is 0.255 e. The summed E-state index contributed by atoms with van der Waals surface area (Å²) in [6.45, 7) is 4.26. The van der Waals surface area contributed by atoms with Crippen molar-refractivity contribution in [3.8, 4) is 5.75 Å². The molecule has 1 aliphatic rings. The second kappa shape index (κ2) is 9.36. The quantitative estimate of drug-likeness (QED) is 0.473. The van der Waals surface area contributed by atoms with Crippen molar-refractivity contribution in [1.29, 1.82) is 0 Å². The Kier molecular flexibility index (Phi) is 6.36. The molecule has 2 heterocycles. The number of hydrogen-bond acceptors (Lipinski definition) is 5. The Bertz CT molecular complexity index is 1200. The fraction of sp³-hybridized carbons (Fsp3) is 0.259. The molecule has 0 bridgehead atoms. The number of Topliss-reactive ketones (excluding diaryl/α,β-unsaturated/α-hetero) is 1. The van der Waals surface area contributed by atoms with Gasteiger partial charge in [0.15, 0.2) is 5.78 Å². The third kappa shape index (κ3) is 4.42. The molecule has 1 aromatic heterocycles. The molecule has 1 amide bonds. The van der Waals surface area contributed by atoms with E-state index in [0.29, 0.717) is 16.8 Å². The molecule has 0 atom stereocenters. The number of rotatable bonds is 8. The Balaban J connectivity index is 1.52. The molecule has 33 heavy (non-hydrogen) atoms. The molecule has 4 rings (SSSR count). The minimum Gasteiger partial charge on any atom is -0.497 e. The zero-order chi connectivity index (χ0) is 23.4. The molecule has 6 nitrogen and oxygen atoms in total. The second-order valence-corrected chi connectivity index (χ2v) is 8.08. The number of carbonyl (C=O) groups is 2. The molecule has 0 radical (unpaired) electrons. The fourth-order valence-corrected chi connectivity index (χ4v) is 4.30. The van der Waals surface area contributed by atoms with Gasteiger partial charge in [-0.15, -0.1) is 0 Å². The third-order valence-corrected chi connectivity index (χ3v) is 6.29. The Hall–Kier alpha value is -3.80. The van der Waals surface area contributed by atoms with E-state index in [1.807, 2.05) is 12.1 Å². The second-order valence-electron chi connectivity index (χ2n) is 8.08. The predicted molar refractivity (Wildman–Crippen MR) is 129 cm³/mol. The maximum Gasteiger partial charge on any atom is 0.255 e. The van der Waals surface area contributed by atoms with E-state index >= 15 is 0 Å². The number of pyridine rings is 1. The van der Waals surface area contributed by atoms with E-state index in [2.05, 4.69) is 30.2 Å². The molecule has 3 aromatic rings. The highest BCUT2D eigenvalue weighted by molar-refractivity contribution is 6.18. The summed E-state index contributed by atoms with van der Waals surface area (Å²) in [6, 6.07) is 16.2. The van der Waals surface area contributed by atoms with E-state index in [-0.39, 0.29) is 23.7 Å². The SMILES string of the molecule is CCC1(CC)N=C(CC(=O)c2ccc(NC(=O)c3ccncc3)cc2)c2cc(OC)ccc21. The van der Waals surface area contributed by atoms with Crippen LogP contribution in [0.25, 0.3) is 0 Å². The van der Waals surface area contributed by atoms with Gasteiger partial charge in [0.25, 0.3) is 5.91 Å². The molecular weight excluding hydrogens is 414 g/mol. The number of aliphatic imine (C=N–C) groups is 1. The molecule has 2 aromatic carbocycles. The van der Waals surface area contributed by atoms with Crippen molar-refractivity contribution in [2.24, 2.45) is 4.99 Å². The molecule has 0 aliphatic carbocycles. The van der Waals surface area contributed by atoms with Gasteiger partial charge in [0.2, 0.25) is 0 Å². The summed E-state index contributed by atoms with van der Waals surface area (Å²) in [5, 5.41) is 2.83. The highest BCUT2D eigenvalue weighted by atomic mass is 16.5. The first-order valence-electron chi connectivity index (χ1n) is 11.1. The summed E-state index contributed by atoms with van der Waals surface area (Å²) in [7, 11) is 1.64. The first kappa shape index (κ1) is 22.4. The highest BCUT2D eigenvalue weighted by Crippen LogP contribution is 2.43. The van der Waals surface area contributed by atoms with Crippen molar-refractivity contribution in [3.05, 3.63) is 89.2 Å². The topological polar surface area (TPSA) is 80.7 Å². The van der Waals surface area contributed by atoms with Crippen molar-refractivity contribution < 1.29 is 14.3 Å². The van der Waals surface area contributed by atoms with Crippen LogP contribution in [-0.4, -0.2) is 29.5 Å². The average Bonchev–Trinajstić information content (AvgIpc) is 3.17. The van der Waals surface area contributed by atoms with E-state index in [0.717, 1.165) is 35.4 Å². The summed E-state index contributed by atoms with van der Waals surface area (Å²) in [6.07, 6.45) is 5.09. The van der Waals surface area contributed by atoms with Crippen LogP contribution in [-0.2, 0) is 5.54 Å². The van der Waals surface area contributed by atoms with Gasteiger partial charge in [-0.25, -0.2) is 0 Å². The summed E-state index contributed by atoms with van der Waals surface area (Å²) in [4.78, 5) is 34.4. The van der Waals surface area contributed by atoms with Crippen LogP contribution in [0, 0.1) is 0 Å². The maximum absolute atomic E-state index is 13.1. The van der Waals surface area contributed by atoms with Crippen LogP contribution in [0.5, 0.6) is 5.75 Å². The number of ether oxygens (including phenoxy) is 1. The molecule has 6 heteroatoms. The van der Waals surface area contributed by atoms with E-state index in [4.69, 9.17) is 9.73 Å². The first-order chi connectivity index (χ1) is 16.0. The number of carbonyl (C=O) groups excluding carboxylic acids is 2. The highest BCUT2D eigenvalue weighted by Gasteiger charge is 2.37. The van der Waals surface area contributed by atoms with Crippen LogP contribution in [0.2, 0.25) is 0 Å². The van der Waals surface area contributed by atoms with Gasteiger partial charge >= 0.3 is 0 Å². The summed E-state index contributed by atoms with van der Waals surface area (Å²) >= 11 is 0. The predicted octanol–water partition coefficient (Wildman–Crippen LogP) is 5.43. The minimum absolute atomic E-state index is 0.0162. The lowest BCUT2D eigenvalue weighted by Crippen LogP contribution is -2.19. The molecular formula is C27H27N3O3. The Labute approximate surface area is 193 Å².